The normalized spacial score (nSPS) is 31.9. The van der Waals surface area contributed by atoms with Crippen molar-refractivity contribution in [1.29, 1.82) is 0 Å². The van der Waals surface area contributed by atoms with Crippen LogP contribution < -0.4 is 5.32 Å². The third-order valence-corrected chi connectivity index (χ3v) is 6.65. The zero-order chi connectivity index (χ0) is 17.0. The monoisotopic (exact) mass is 339 g/mol. The number of nitrogens with zero attached hydrogens (tertiary/aromatic N) is 2. The predicted molar refractivity (Wildman–Crippen MR) is 95.3 cm³/mol. The number of aryl methyl sites for hydroxylation is 1. The van der Waals surface area contributed by atoms with Crippen molar-refractivity contribution in [3.8, 4) is 0 Å². The largest absolute Gasteiger partial charge is 0.377 e. The predicted octanol–water partition coefficient (Wildman–Crippen LogP) is 2.90. The number of para-hydroxylation sites is 1. The number of benzene rings is 1. The van der Waals surface area contributed by atoms with Gasteiger partial charge >= 0.3 is 0 Å². The Morgan fingerprint density at radius 1 is 1.24 bits per heavy atom. The minimum absolute atomic E-state index is 0.0323. The molecule has 5 heteroatoms. The van der Waals surface area contributed by atoms with Gasteiger partial charge in [-0.1, -0.05) is 43.9 Å². The molecule has 2 aliphatic carbocycles. The van der Waals surface area contributed by atoms with Crippen LogP contribution in [0.4, 0.5) is 0 Å². The number of ether oxygens (including phenoxy) is 1. The van der Waals surface area contributed by atoms with Crippen LogP contribution in [0.2, 0.25) is 0 Å². The van der Waals surface area contributed by atoms with Crippen molar-refractivity contribution >= 4 is 16.8 Å². The lowest BCUT2D eigenvalue weighted by molar-refractivity contribution is -0.0784. The van der Waals surface area contributed by atoms with Gasteiger partial charge in [-0.3, -0.25) is 9.48 Å². The molecule has 1 aromatic carbocycles. The number of amides is 1. The standard InChI is InChI=1S/C20H25N3O2/c1-23-15-9-5-4-8-13(15)18(22-23)20(24)21-17-14-10-11-25-19(14)16(17)12-6-2-3-7-12/h4-5,8-9,12,14,16-17,19H,2-3,6-7,10-11H2,1H3,(H,21,24)/t14-,16+,17+,19-/m0/s1. The molecule has 2 aromatic rings. The second-order valence-corrected chi connectivity index (χ2v) is 7.90. The second-order valence-electron chi connectivity index (χ2n) is 7.90. The van der Waals surface area contributed by atoms with E-state index in [9.17, 15) is 4.79 Å². The third-order valence-electron chi connectivity index (χ3n) is 6.65. The molecule has 3 fully saturated rings. The van der Waals surface area contributed by atoms with Crippen LogP contribution in [0.3, 0.4) is 0 Å². The summed E-state index contributed by atoms with van der Waals surface area (Å²) >= 11 is 0. The van der Waals surface area contributed by atoms with Crippen molar-refractivity contribution in [3.05, 3.63) is 30.0 Å². The summed E-state index contributed by atoms with van der Waals surface area (Å²) < 4.78 is 7.79. The Bertz CT molecular complexity index is 804. The number of rotatable bonds is 3. The smallest absolute Gasteiger partial charge is 0.272 e. The van der Waals surface area contributed by atoms with E-state index in [0.29, 0.717) is 29.6 Å². The summed E-state index contributed by atoms with van der Waals surface area (Å²) in [6.07, 6.45) is 6.66. The van der Waals surface area contributed by atoms with E-state index in [0.717, 1.165) is 23.9 Å². The van der Waals surface area contributed by atoms with E-state index in [1.807, 2.05) is 31.3 Å². The molecule has 1 N–H and O–H groups in total. The highest BCUT2D eigenvalue weighted by molar-refractivity contribution is 6.05. The summed E-state index contributed by atoms with van der Waals surface area (Å²) in [4.78, 5) is 13.0. The first-order chi connectivity index (χ1) is 12.2. The average Bonchev–Trinajstić information content (AvgIpc) is 3.34. The van der Waals surface area contributed by atoms with Gasteiger partial charge in [-0.2, -0.15) is 5.10 Å². The van der Waals surface area contributed by atoms with Crippen LogP contribution in [0.1, 0.15) is 42.6 Å². The van der Waals surface area contributed by atoms with E-state index in [2.05, 4.69) is 10.4 Å². The maximum Gasteiger partial charge on any atom is 0.272 e. The number of hydrogen-bond acceptors (Lipinski definition) is 3. The van der Waals surface area contributed by atoms with Gasteiger partial charge in [0.05, 0.1) is 11.6 Å². The number of hydrogen-bond donors (Lipinski definition) is 1. The van der Waals surface area contributed by atoms with Crippen molar-refractivity contribution < 1.29 is 9.53 Å². The molecule has 1 amide bonds. The molecule has 0 spiro atoms. The van der Waals surface area contributed by atoms with Gasteiger partial charge in [0.15, 0.2) is 5.69 Å². The van der Waals surface area contributed by atoms with Gasteiger partial charge in [-0.25, -0.2) is 0 Å². The highest BCUT2D eigenvalue weighted by Crippen LogP contribution is 2.51. The van der Waals surface area contributed by atoms with E-state index in [4.69, 9.17) is 4.74 Å². The second kappa shape index (κ2) is 5.84. The zero-order valence-corrected chi connectivity index (χ0v) is 14.6. The van der Waals surface area contributed by atoms with Gasteiger partial charge < -0.3 is 10.1 Å². The van der Waals surface area contributed by atoms with Gasteiger partial charge in [-0.15, -0.1) is 0 Å². The number of fused-ring (bicyclic) bond motifs is 2. The van der Waals surface area contributed by atoms with Crippen LogP contribution in [-0.2, 0) is 11.8 Å². The minimum atomic E-state index is -0.0323. The van der Waals surface area contributed by atoms with Crippen molar-refractivity contribution in [3.63, 3.8) is 0 Å². The fourth-order valence-electron chi connectivity index (χ4n) is 5.46. The lowest BCUT2D eigenvalue weighted by Gasteiger charge is -2.50. The first-order valence-electron chi connectivity index (χ1n) is 9.58. The Hall–Kier alpha value is -1.88. The highest BCUT2D eigenvalue weighted by Gasteiger charge is 2.57. The molecular weight excluding hydrogens is 314 g/mol. The molecule has 1 aliphatic heterocycles. The Labute approximate surface area is 147 Å². The van der Waals surface area contributed by atoms with Crippen LogP contribution in [-0.4, -0.2) is 34.4 Å². The van der Waals surface area contributed by atoms with E-state index >= 15 is 0 Å². The average molecular weight is 339 g/mol. The number of aromatic nitrogens is 2. The van der Waals surface area contributed by atoms with Crippen molar-refractivity contribution in [2.45, 2.75) is 44.2 Å². The number of carbonyl (C=O) groups is 1. The number of nitrogens with one attached hydrogen (secondary N) is 1. The fraction of sp³-hybridized carbons (Fsp3) is 0.600. The Balaban J connectivity index is 1.40. The Morgan fingerprint density at radius 2 is 2.04 bits per heavy atom. The van der Waals surface area contributed by atoms with Crippen LogP contribution in [0.15, 0.2) is 24.3 Å². The molecule has 0 radical (unpaired) electrons. The number of carbonyl (C=O) groups excluding carboxylic acids is 1. The van der Waals surface area contributed by atoms with Crippen molar-refractivity contribution in [2.24, 2.45) is 24.8 Å². The molecule has 3 aliphatic rings. The summed E-state index contributed by atoms with van der Waals surface area (Å²) in [5.41, 5.74) is 1.54. The highest BCUT2D eigenvalue weighted by atomic mass is 16.5. The fourth-order valence-corrected chi connectivity index (χ4v) is 5.46. The molecule has 5 rings (SSSR count). The van der Waals surface area contributed by atoms with Crippen LogP contribution in [0.5, 0.6) is 0 Å². The lowest BCUT2D eigenvalue weighted by atomic mass is 9.61. The van der Waals surface area contributed by atoms with E-state index < -0.39 is 0 Å². The molecule has 0 bridgehead atoms. The summed E-state index contributed by atoms with van der Waals surface area (Å²) in [6, 6.07) is 8.18. The molecule has 1 aromatic heterocycles. The molecule has 0 unspecified atom stereocenters. The van der Waals surface area contributed by atoms with Gasteiger partial charge in [0.1, 0.15) is 0 Å². The first kappa shape index (κ1) is 15.4. The van der Waals surface area contributed by atoms with Crippen molar-refractivity contribution in [2.75, 3.05) is 6.61 Å². The SMILES string of the molecule is Cn1nc(C(=O)N[C@@H]2[C@@H]3CCO[C@@H]3[C@@H]2C2CCCC2)c2ccccc21. The lowest BCUT2D eigenvalue weighted by Crippen LogP contribution is -2.63. The topological polar surface area (TPSA) is 56.2 Å². The van der Waals surface area contributed by atoms with E-state index in [1.165, 1.54) is 25.7 Å². The van der Waals surface area contributed by atoms with Crippen LogP contribution in [0.25, 0.3) is 10.9 Å². The zero-order valence-electron chi connectivity index (χ0n) is 14.6. The maximum absolute atomic E-state index is 13.0. The quantitative estimate of drug-likeness (QED) is 0.935. The summed E-state index contributed by atoms with van der Waals surface area (Å²) in [5, 5.41) is 8.75. The maximum atomic E-state index is 13.0. The summed E-state index contributed by atoms with van der Waals surface area (Å²) in [7, 11) is 1.89. The first-order valence-corrected chi connectivity index (χ1v) is 9.58. The van der Waals surface area contributed by atoms with Crippen molar-refractivity contribution in [1.82, 2.24) is 15.1 Å². The summed E-state index contributed by atoms with van der Waals surface area (Å²) in [6.45, 7) is 0.845. The van der Waals surface area contributed by atoms with E-state index in [1.54, 1.807) is 4.68 Å². The van der Waals surface area contributed by atoms with Gasteiger partial charge in [0, 0.05) is 36.9 Å². The van der Waals surface area contributed by atoms with Gasteiger partial charge in [0.2, 0.25) is 0 Å². The Kier molecular flexibility index (Phi) is 3.59. The molecule has 2 heterocycles. The molecule has 1 saturated heterocycles. The minimum Gasteiger partial charge on any atom is -0.377 e. The molecule has 2 saturated carbocycles. The molecule has 25 heavy (non-hydrogen) atoms. The van der Waals surface area contributed by atoms with Gasteiger partial charge in [-0.05, 0) is 18.4 Å². The molecule has 4 atom stereocenters. The van der Waals surface area contributed by atoms with E-state index in [-0.39, 0.29) is 11.9 Å². The van der Waals surface area contributed by atoms with Crippen LogP contribution in [0, 0.1) is 17.8 Å². The molecule has 132 valence electrons. The third kappa shape index (κ3) is 2.32. The molecular formula is C20H25N3O2. The van der Waals surface area contributed by atoms with Crippen LogP contribution >= 0.6 is 0 Å². The molecule has 5 nitrogen and oxygen atoms in total. The van der Waals surface area contributed by atoms with Gasteiger partial charge in [0.25, 0.3) is 5.91 Å². The summed E-state index contributed by atoms with van der Waals surface area (Å²) in [5.74, 6) is 1.67. The Morgan fingerprint density at radius 3 is 2.88 bits per heavy atom.